The molecule has 150 valence electrons. The molecule has 3 aromatic rings. The van der Waals surface area contributed by atoms with Crippen LogP contribution in [-0.4, -0.2) is 23.8 Å². The summed E-state index contributed by atoms with van der Waals surface area (Å²) in [6.45, 7) is 5.94. The summed E-state index contributed by atoms with van der Waals surface area (Å²) in [4.78, 5) is 12.4. The van der Waals surface area contributed by atoms with Gasteiger partial charge in [0.1, 0.15) is 5.58 Å². The molecule has 0 spiro atoms. The van der Waals surface area contributed by atoms with Crippen LogP contribution in [0, 0.1) is 3.57 Å². The lowest BCUT2D eigenvalue weighted by molar-refractivity contribution is 0.0929. The number of fused-ring (bicyclic) bond motifs is 1. The van der Waals surface area contributed by atoms with Crippen LogP contribution in [0.4, 0.5) is 0 Å². The summed E-state index contributed by atoms with van der Waals surface area (Å²) >= 11 is 5.59. The average Bonchev–Trinajstić information content (AvgIpc) is 3.10. The summed E-state index contributed by atoms with van der Waals surface area (Å²) in [6.07, 6.45) is 3.65. The topological polar surface area (TPSA) is 84.1 Å². The number of carbonyl (C=O) groups excluding carboxylic acids is 1. The highest BCUT2D eigenvalue weighted by Gasteiger charge is 2.14. The Hall–Kier alpha value is -2.33. The quantitative estimate of drug-likeness (QED) is 0.173. The number of carbonyl (C=O) groups is 1. The Morgan fingerprint density at radius 3 is 2.90 bits per heavy atom. The zero-order valence-electron chi connectivity index (χ0n) is 15.5. The van der Waals surface area contributed by atoms with Gasteiger partial charge in [-0.15, -0.1) is 6.58 Å². The van der Waals surface area contributed by atoms with Crippen molar-refractivity contribution in [3.05, 3.63) is 67.9 Å². The van der Waals surface area contributed by atoms with Crippen molar-refractivity contribution in [1.82, 2.24) is 5.43 Å². The summed E-state index contributed by atoms with van der Waals surface area (Å²) < 4.78 is 12.9. The Morgan fingerprint density at radius 1 is 1.38 bits per heavy atom. The Bertz CT molecular complexity index is 1110. The van der Waals surface area contributed by atoms with Gasteiger partial charge < -0.3 is 14.3 Å². The SMILES string of the molecule is C=CCc1cc(/C=N\NC(=O)c2cc3cc(Br)cc(I)c3o2)cc(OCC)c1O. The lowest BCUT2D eigenvalue weighted by Crippen LogP contribution is -2.16. The number of hydrogen-bond donors (Lipinski definition) is 2. The fourth-order valence-corrected chi connectivity index (χ4v) is 4.41. The summed E-state index contributed by atoms with van der Waals surface area (Å²) in [7, 11) is 0. The van der Waals surface area contributed by atoms with E-state index in [1.165, 1.54) is 6.21 Å². The van der Waals surface area contributed by atoms with Gasteiger partial charge in [-0.3, -0.25) is 4.79 Å². The minimum absolute atomic E-state index is 0.0796. The number of halogens is 2. The number of rotatable bonds is 7. The predicted molar refractivity (Wildman–Crippen MR) is 125 cm³/mol. The van der Waals surface area contributed by atoms with Gasteiger partial charge in [-0.05, 0) is 71.8 Å². The van der Waals surface area contributed by atoms with E-state index in [-0.39, 0.29) is 11.5 Å². The molecule has 0 fully saturated rings. The Kier molecular flexibility index (Phi) is 6.96. The van der Waals surface area contributed by atoms with Crippen molar-refractivity contribution in [1.29, 1.82) is 0 Å². The molecule has 2 aromatic carbocycles. The van der Waals surface area contributed by atoms with Gasteiger partial charge in [0.05, 0.1) is 16.4 Å². The first-order chi connectivity index (χ1) is 13.9. The van der Waals surface area contributed by atoms with Crippen molar-refractivity contribution >= 4 is 61.6 Å². The molecule has 0 aliphatic carbocycles. The van der Waals surface area contributed by atoms with Crippen LogP contribution in [0.25, 0.3) is 11.0 Å². The highest BCUT2D eigenvalue weighted by Crippen LogP contribution is 2.32. The second-order valence-electron chi connectivity index (χ2n) is 6.07. The van der Waals surface area contributed by atoms with Crippen LogP contribution in [0.2, 0.25) is 0 Å². The van der Waals surface area contributed by atoms with Crippen molar-refractivity contribution in [3.63, 3.8) is 0 Å². The molecule has 0 aliphatic heterocycles. The number of allylic oxidation sites excluding steroid dienone is 1. The van der Waals surface area contributed by atoms with Crippen LogP contribution in [0.15, 0.2) is 57.0 Å². The van der Waals surface area contributed by atoms with Crippen LogP contribution < -0.4 is 10.2 Å². The van der Waals surface area contributed by atoms with Crippen LogP contribution in [0.3, 0.4) is 0 Å². The molecule has 1 aromatic heterocycles. The number of nitrogens with one attached hydrogen (secondary N) is 1. The first-order valence-corrected chi connectivity index (χ1v) is 10.6. The van der Waals surface area contributed by atoms with E-state index in [1.54, 1.807) is 24.3 Å². The zero-order chi connectivity index (χ0) is 21.0. The van der Waals surface area contributed by atoms with E-state index in [9.17, 15) is 9.90 Å². The Labute approximate surface area is 189 Å². The lowest BCUT2D eigenvalue weighted by Gasteiger charge is -2.10. The molecule has 0 atom stereocenters. The van der Waals surface area contributed by atoms with Crippen LogP contribution >= 0.6 is 38.5 Å². The molecule has 8 heteroatoms. The number of furan rings is 1. The molecule has 0 bridgehead atoms. The number of hydrogen-bond acceptors (Lipinski definition) is 5. The Balaban J connectivity index is 1.79. The van der Waals surface area contributed by atoms with Gasteiger partial charge in [0.2, 0.25) is 0 Å². The summed E-state index contributed by atoms with van der Waals surface area (Å²) in [5.41, 5.74) is 4.44. The van der Waals surface area contributed by atoms with Crippen LogP contribution in [0.1, 0.15) is 28.6 Å². The van der Waals surface area contributed by atoms with Gasteiger partial charge in [0.25, 0.3) is 0 Å². The minimum Gasteiger partial charge on any atom is -0.504 e. The molecular weight excluding hydrogens is 551 g/mol. The molecule has 1 heterocycles. The van der Waals surface area contributed by atoms with E-state index in [0.717, 1.165) is 13.4 Å². The van der Waals surface area contributed by atoms with Gasteiger partial charge in [0, 0.05) is 15.4 Å². The first kappa shape index (κ1) is 21.4. The number of hydrazone groups is 1. The first-order valence-electron chi connectivity index (χ1n) is 8.74. The van der Waals surface area contributed by atoms with E-state index in [4.69, 9.17) is 9.15 Å². The molecule has 0 saturated carbocycles. The molecule has 0 unspecified atom stereocenters. The third kappa shape index (κ3) is 4.99. The number of aromatic hydroxyl groups is 1. The molecule has 1 amide bonds. The normalized spacial score (nSPS) is 11.1. The maximum Gasteiger partial charge on any atom is 0.307 e. The van der Waals surface area contributed by atoms with Gasteiger partial charge in [-0.1, -0.05) is 22.0 Å². The monoisotopic (exact) mass is 568 g/mol. The van der Waals surface area contributed by atoms with E-state index in [0.29, 0.717) is 35.5 Å². The number of benzene rings is 2. The largest absolute Gasteiger partial charge is 0.504 e. The predicted octanol–water partition coefficient (Wildman–Crippen LogP) is 5.40. The lowest BCUT2D eigenvalue weighted by atomic mass is 10.1. The van der Waals surface area contributed by atoms with Crippen molar-refractivity contribution in [2.45, 2.75) is 13.3 Å². The van der Waals surface area contributed by atoms with E-state index >= 15 is 0 Å². The molecule has 0 aliphatic rings. The molecule has 2 N–H and O–H groups in total. The second-order valence-corrected chi connectivity index (χ2v) is 8.15. The zero-order valence-corrected chi connectivity index (χ0v) is 19.3. The highest BCUT2D eigenvalue weighted by molar-refractivity contribution is 14.1. The molecular formula is C21H18BrIN2O4. The number of amides is 1. The molecule has 0 radical (unpaired) electrons. The number of phenolic OH excluding ortho intramolecular Hbond substituents is 1. The number of nitrogens with zero attached hydrogens (tertiary/aromatic N) is 1. The summed E-state index contributed by atoms with van der Waals surface area (Å²) in [5.74, 6) is 0.147. The molecule has 6 nitrogen and oxygen atoms in total. The van der Waals surface area contributed by atoms with Crippen molar-refractivity contribution in [2.75, 3.05) is 6.61 Å². The fraction of sp³-hybridized carbons (Fsp3) is 0.143. The van der Waals surface area contributed by atoms with Crippen LogP contribution in [0.5, 0.6) is 11.5 Å². The average molecular weight is 569 g/mol. The van der Waals surface area contributed by atoms with E-state index in [2.05, 4.69) is 55.6 Å². The van der Waals surface area contributed by atoms with E-state index < -0.39 is 5.91 Å². The second kappa shape index (κ2) is 9.45. The Morgan fingerprint density at radius 2 is 2.17 bits per heavy atom. The van der Waals surface area contributed by atoms with Gasteiger partial charge in [-0.2, -0.15) is 5.10 Å². The minimum atomic E-state index is -0.459. The van der Waals surface area contributed by atoms with Gasteiger partial charge in [-0.25, -0.2) is 5.43 Å². The van der Waals surface area contributed by atoms with E-state index in [1.807, 2.05) is 19.1 Å². The maximum absolute atomic E-state index is 12.4. The van der Waals surface area contributed by atoms with Crippen LogP contribution in [-0.2, 0) is 6.42 Å². The smallest absolute Gasteiger partial charge is 0.307 e. The number of phenols is 1. The van der Waals surface area contributed by atoms with Crippen molar-refractivity contribution < 1.29 is 19.1 Å². The summed E-state index contributed by atoms with van der Waals surface area (Å²) in [6, 6.07) is 8.88. The molecule has 0 saturated heterocycles. The van der Waals surface area contributed by atoms with Gasteiger partial charge in [0.15, 0.2) is 17.3 Å². The number of ether oxygens (including phenoxy) is 1. The third-order valence-electron chi connectivity index (χ3n) is 3.98. The summed E-state index contributed by atoms with van der Waals surface area (Å²) in [5, 5.41) is 15.1. The highest BCUT2D eigenvalue weighted by atomic mass is 127. The van der Waals surface area contributed by atoms with Crippen molar-refractivity contribution in [2.24, 2.45) is 5.10 Å². The third-order valence-corrected chi connectivity index (χ3v) is 5.24. The molecule has 29 heavy (non-hydrogen) atoms. The standard InChI is InChI=1S/C21H18BrIN2O4/c1-3-5-13-6-12(7-17(19(13)26)28-4-2)11-24-25-21(27)18-9-14-8-15(22)10-16(23)20(14)29-18/h3,6-11,26H,1,4-5H2,2H3,(H,25,27)/b24-11-. The maximum atomic E-state index is 12.4. The molecule has 3 rings (SSSR count). The fourth-order valence-electron chi connectivity index (χ4n) is 2.75. The van der Waals surface area contributed by atoms with Gasteiger partial charge >= 0.3 is 5.91 Å². The van der Waals surface area contributed by atoms with Crippen molar-refractivity contribution in [3.8, 4) is 11.5 Å².